The molecule has 152 valence electrons. The number of esters is 1. The number of ketones is 2. The van der Waals surface area contributed by atoms with Crippen molar-refractivity contribution in [2.75, 3.05) is 19.7 Å². The van der Waals surface area contributed by atoms with E-state index in [2.05, 4.69) is 15.3 Å². The number of nitrogens with two attached hydrogens (primary N) is 1. The number of carbonyl (C=O) groups excluding carboxylic acids is 4. The average molecular weight is 416 g/mol. The second-order valence-corrected chi connectivity index (χ2v) is 7.48. The third kappa shape index (κ3) is 4.38. The number of hydrogen-bond donors (Lipinski definition) is 2. The van der Waals surface area contributed by atoms with Crippen LogP contribution in [0, 0.1) is 5.92 Å². The van der Waals surface area contributed by atoms with Crippen molar-refractivity contribution < 1.29 is 23.9 Å². The van der Waals surface area contributed by atoms with Gasteiger partial charge in [0.15, 0.2) is 0 Å². The minimum absolute atomic E-state index is 0.0174. The summed E-state index contributed by atoms with van der Waals surface area (Å²) in [6.45, 7) is 4.16. The Morgan fingerprint density at radius 1 is 1.24 bits per heavy atom. The fourth-order valence-corrected chi connectivity index (χ4v) is 4.02. The molecule has 2 aliphatic rings. The van der Waals surface area contributed by atoms with Gasteiger partial charge in [-0.25, -0.2) is 9.97 Å². The number of piperidine rings is 1. The van der Waals surface area contributed by atoms with E-state index in [1.807, 2.05) is 6.92 Å². The molecule has 1 aliphatic carbocycles. The Morgan fingerprint density at radius 3 is 2.52 bits per heavy atom. The molecule has 1 fully saturated rings. The zero-order valence-corrected chi connectivity index (χ0v) is 16.6. The number of primary amides is 1. The lowest BCUT2D eigenvalue weighted by Crippen LogP contribution is -2.35. The highest BCUT2D eigenvalue weighted by Gasteiger charge is 2.34. The van der Waals surface area contributed by atoms with Gasteiger partial charge in [0.1, 0.15) is 11.4 Å². The van der Waals surface area contributed by atoms with Crippen LogP contribution in [0.1, 0.15) is 60.9 Å². The number of ether oxygens (including phenoxy) is 1. The third-order valence-electron chi connectivity index (χ3n) is 4.47. The number of nitrogens with zero attached hydrogens (tertiary/aromatic N) is 2. The van der Waals surface area contributed by atoms with Crippen molar-refractivity contribution in [3.05, 3.63) is 45.2 Å². The third-order valence-corrected chi connectivity index (χ3v) is 5.62. The van der Waals surface area contributed by atoms with E-state index >= 15 is 0 Å². The molecule has 1 amide bonds. The normalized spacial score (nSPS) is 17.5. The average Bonchev–Trinajstić information content (AvgIpc) is 3.20. The van der Waals surface area contributed by atoms with Gasteiger partial charge in [-0.15, -0.1) is 11.3 Å². The molecule has 1 saturated heterocycles. The highest BCUT2D eigenvalue weighted by molar-refractivity contribution is 7.16. The second-order valence-electron chi connectivity index (χ2n) is 6.42. The van der Waals surface area contributed by atoms with E-state index in [0.717, 1.165) is 37.3 Å². The number of hydrogen-bond acceptors (Lipinski definition) is 9. The van der Waals surface area contributed by atoms with Gasteiger partial charge in [0.05, 0.1) is 22.3 Å². The number of aromatic nitrogens is 2. The van der Waals surface area contributed by atoms with E-state index < -0.39 is 17.5 Å². The predicted molar refractivity (Wildman–Crippen MR) is 104 cm³/mol. The van der Waals surface area contributed by atoms with Gasteiger partial charge in [-0.1, -0.05) is 0 Å². The van der Waals surface area contributed by atoms with E-state index in [4.69, 9.17) is 10.5 Å². The Kier molecular flexibility index (Phi) is 6.45. The summed E-state index contributed by atoms with van der Waals surface area (Å²) >= 11 is 0.906. The molecule has 9 nitrogen and oxygen atoms in total. The van der Waals surface area contributed by atoms with Gasteiger partial charge in [0.25, 0.3) is 5.91 Å². The van der Waals surface area contributed by atoms with Crippen LogP contribution in [0.25, 0.3) is 0 Å². The Labute approximate surface area is 170 Å². The van der Waals surface area contributed by atoms with Gasteiger partial charge < -0.3 is 15.8 Å². The van der Waals surface area contributed by atoms with Crippen molar-refractivity contribution in [2.45, 2.75) is 19.8 Å². The van der Waals surface area contributed by atoms with Crippen molar-refractivity contribution in [2.24, 2.45) is 11.7 Å². The van der Waals surface area contributed by atoms with Gasteiger partial charge in [0, 0.05) is 24.5 Å². The van der Waals surface area contributed by atoms with Crippen LogP contribution < -0.4 is 11.1 Å². The SMILES string of the molecule is CCOC(=O)[C@H]1CCCNC1.NC(=O)c1cc2c(s1)C(=O)c1nccnc1C2=O. The molecule has 1 aliphatic heterocycles. The molecule has 29 heavy (non-hydrogen) atoms. The molecule has 3 N–H and O–H groups in total. The molecule has 0 bridgehead atoms. The van der Waals surface area contributed by atoms with Crippen molar-refractivity contribution in [3.63, 3.8) is 0 Å². The van der Waals surface area contributed by atoms with Crippen LogP contribution in [0.3, 0.4) is 0 Å². The van der Waals surface area contributed by atoms with Crippen LogP contribution in [0.4, 0.5) is 0 Å². The first-order valence-electron chi connectivity index (χ1n) is 9.15. The second kappa shape index (κ2) is 9.01. The van der Waals surface area contributed by atoms with E-state index in [0.29, 0.717) is 6.61 Å². The minimum atomic E-state index is -0.667. The first-order valence-corrected chi connectivity index (χ1v) is 9.97. The maximum absolute atomic E-state index is 12.1. The van der Waals surface area contributed by atoms with E-state index in [9.17, 15) is 19.2 Å². The fourth-order valence-electron chi connectivity index (χ4n) is 3.07. The summed E-state index contributed by atoms with van der Waals surface area (Å²) < 4.78 is 4.90. The molecule has 0 aromatic carbocycles. The lowest BCUT2D eigenvalue weighted by Gasteiger charge is -2.20. The molecule has 10 heteroatoms. The van der Waals surface area contributed by atoms with Crippen LogP contribution >= 0.6 is 11.3 Å². The Bertz CT molecular complexity index is 913. The number of fused-ring (bicyclic) bond motifs is 2. The molecular weight excluding hydrogens is 396 g/mol. The van der Waals surface area contributed by atoms with Crippen LogP contribution in [0.15, 0.2) is 18.5 Å². The number of amides is 1. The van der Waals surface area contributed by atoms with Gasteiger partial charge in [0.2, 0.25) is 11.6 Å². The van der Waals surface area contributed by atoms with Crippen LogP contribution in [-0.2, 0) is 9.53 Å². The molecular formula is C19H20N4O5S. The van der Waals surface area contributed by atoms with E-state index in [1.54, 1.807) is 0 Å². The summed E-state index contributed by atoms with van der Waals surface area (Å²) in [4.78, 5) is 54.5. The molecule has 0 unspecified atom stereocenters. The molecule has 0 spiro atoms. The summed E-state index contributed by atoms with van der Waals surface area (Å²) in [6.07, 6.45) is 4.75. The van der Waals surface area contributed by atoms with E-state index in [-0.39, 0.29) is 38.6 Å². The molecule has 2 aromatic heterocycles. The molecule has 3 heterocycles. The summed E-state index contributed by atoms with van der Waals surface area (Å²) in [6, 6.07) is 1.33. The number of rotatable bonds is 3. The predicted octanol–water partition coefficient (Wildman–Crippen LogP) is 0.962. The lowest BCUT2D eigenvalue weighted by atomic mass is 9.96. The minimum Gasteiger partial charge on any atom is -0.466 e. The molecule has 2 aromatic rings. The van der Waals surface area contributed by atoms with Gasteiger partial charge in [-0.2, -0.15) is 0 Å². The maximum atomic E-state index is 12.1. The fraction of sp³-hybridized carbons (Fsp3) is 0.368. The molecule has 4 rings (SSSR count). The number of carbonyl (C=O) groups is 4. The van der Waals surface area contributed by atoms with Crippen molar-refractivity contribution in [1.82, 2.24) is 15.3 Å². The molecule has 0 radical (unpaired) electrons. The summed E-state index contributed by atoms with van der Waals surface area (Å²) in [5, 5.41) is 3.17. The summed E-state index contributed by atoms with van der Waals surface area (Å²) in [5.74, 6) is -1.41. The maximum Gasteiger partial charge on any atom is 0.310 e. The Morgan fingerprint density at radius 2 is 1.93 bits per heavy atom. The largest absolute Gasteiger partial charge is 0.466 e. The number of thiophene rings is 1. The zero-order chi connectivity index (χ0) is 21.0. The number of nitrogens with one attached hydrogen (secondary N) is 1. The quantitative estimate of drug-likeness (QED) is 0.602. The lowest BCUT2D eigenvalue weighted by molar-refractivity contribution is -0.148. The highest BCUT2D eigenvalue weighted by Crippen LogP contribution is 2.31. The van der Waals surface area contributed by atoms with Gasteiger partial charge >= 0.3 is 5.97 Å². The van der Waals surface area contributed by atoms with Crippen LogP contribution in [-0.4, -0.2) is 53.1 Å². The monoisotopic (exact) mass is 416 g/mol. The molecule has 0 saturated carbocycles. The Hall–Kier alpha value is -2.98. The summed E-state index contributed by atoms with van der Waals surface area (Å²) in [7, 11) is 0. The van der Waals surface area contributed by atoms with Crippen molar-refractivity contribution in [3.8, 4) is 0 Å². The van der Waals surface area contributed by atoms with Crippen LogP contribution in [0.5, 0.6) is 0 Å². The van der Waals surface area contributed by atoms with Crippen molar-refractivity contribution >= 4 is 34.8 Å². The molecule has 1 atom stereocenters. The first-order chi connectivity index (χ1) is 13.9. The topological polar surface area (TPSA) is 141 Å². The standard InChI is InChI=1S/C11H5N3O3S.C8H15NO2/c12-11(17)5-3-4-8(15)6-7(14-2-1-13-6)9(16)10(4)18-5;1-2-11-8(10)7-4-3-5-9-6-7/h1-3H,(H2,12,17);7,9H,2-6H2,1H3/t;7-/m.0/s1. The Balaban J connectivity index is 0.000000188. The van der Waals surface area contributed by atoms with E-state index in [1.165, 1.54) is 18.5 Å². The van der Waals surface area contributed by atoms with Gasteiger partial charge in [-0.3, -0.25) is 19.2 Å². The highest BCUT2D eigenvalue weighted by atomic mass is 32.1. The van der Waals surface area contributed by atoms with Gasteiger partial charge in [-0.05, 0) is 32.4 Å². The smallest absolute Gasteiger partial charge is 0.310 e. The summed E-state index contributed by atoms with van der Waals surface area (Å²) in [5.41, 5.74) is 5.35. The first kappa shape index (κ1) is 20.7. The zero-order valence-electron chi connectivity index (χ0n) is 15.8. The van der Waals surface area contributed by atoms with Crippen molar-refractivity contribution in [1.29, 1.82) is 0 Å². The van der Waals surface area contributed by atoms with Crippen LogP contribution in [0.2, 0.25) is 0 Å².